The number of rotatable bonds is 7. The van der Waals surface area contributed by atoms with Crippen LogP contribution >= 0.6 is 0 Å². The summed E-state index contributed by atoms with van der Waals surface area (Å²) in [6.07, 6.45) is 4.91. The molecule has 0 bridgehead atoms. The maximum atomic E-state index is 12.5. The van der Waals surface area contributed by atoms with Crippen LogP contribution in [0.15, 0.2) is 53.4 Å². The summed E-state index contributed by atoms with van der Waals surface area (Å²) < 4.78 is 27.5. The minimum absolute atomic E-state index is 0.139. The van der Waals surface area contributed by atoms with E-state index in [1.165, 1.54) is 5.56 Å². The van der Waals surface area contributed by atoms with Gasteiger partial charge in [0.2, 0.25) is 15.9 Å². The highest BCUT2D eigenvalue weighted by Crippen LogP contribution is 2.24. The normalized spacial score (nSPS) is 13.1. The topological polar surface area (TPSA) is 75.3 Å². The minimum Gasteiger partial charge on any atom is -0.345 e. The number of fused-ring (bicyclic) bond motifs is 1. The molecule has 0 radical (unpaired) electrons. The number of benzene rings is 2. The summed E-state index contributed by atoms with van der Waals surface area (Å²) in [7, 11) is -3.55. The zero-order valence-corrected chi connectivity index (χ0v) is 17.2. The van der Waals surface area contributed by atoms with E-state index in [9.17, 15) is 13.2 Å². The van der Waals surface area contributed by atoms with Gasteiger partial charge in [0.05, 0.1) is 11.4 Å². The third-order valence-electron chi connectivity index (χ3n) is 4.88. The van der Waals surface area contributed by atoms with E-state index in [1.54, 1.807) is 12.1 Å². The monoisotopic (exact) mass is 410 g/mol. The van der Waals surface area contributed by atoms with Gasteiger partial charge in [-0.2, -0.15) is 0 Å². The Hall–Kier alpha value is -2.62. The molecule has 0 heterocycles. The van der Waals surface area contributed by atoms with Crippen molar-refractivity contribution in [3.63, 3.8) is 0 Å². The molecule has 0 fully saturated rings. The molecule has 152 valence electrons. The van der Waals surface area contributed by atoms with Crippen LogP contribution in [0.1, 0.15) is 42.4 Å². The van der Waals surface area contributed by atoms with Gasteiger partial charge in [-0.3, -0.25) is 4.79 Å². The lowest BCUT2D eigenvalue weighted by atomic mass is 9.92. The number of aryl methyl sites for hydroxylation is 2. The zero-order valence-electron chi connectivity index (χ0n) is 16.4. The molecule has 2 aromatic carbocycles. The standard InChI is InChI=1S/C23H26N2O3S/c26-23(24-16-6-10-19-8-2-1-3-9-19)13-7-17-25-29(27,28)22-15-14-20-11-4-5-12-21(20)18-22/h1-3,8-9,14-15,18,25H,4-5,7,11-13,16-17H2,(H,24,26). The van der Waals surface area contributed by atoms with Crippen LogP contribution in [0.25, 0.3) is 0 Å². The summed E-state index contributed by atoms with van der Waals surface area (Å²) in [4.78, 5) is 12.2. The van der Waals surface area contributed by atoms with Crippen molar-refractivity contribution >= 4 is 15.9 Å². The van der Waals surface area contributed by atoms with Crippen LogP contribution in [-0.2, 0) is 27.7 Å². The molecule has 1 amide bonds. The molecule has 29 heavy (non-hydrogen) atoms. The van der Waals surface area contributed by atoms with Gasteiger partial charge in [0.1, 0.15) is 0 Å². The molecule has 2 N–H and O–H groups in total. The van der Waals surface area contributed by atoms with Crippen molar-refractivity contribution < 1.29 is 13.2 Å². The predicted octanol–water partition coefficient (Wildman–Crippen LogP) is 2.79. The van der Waals surface area contributed by atoms with Crippen molar-refractivity contribution in [1.29, 1.82) is 0 Å². The molecule has 0 aliphatic heterocycles. The maximum Gasteiger partial charge on any atom is 0.240 e. The molecule has 1 aliphatic rings. The molecule has 3 rings (SSSR count). The Morgan fingerprint density at radius 2 is 1.76 bits per heavy atom. The molecule has 0 saturated heterocycles. The van der Waals surface area contributed by atoms with Crippen LogP contribution in [0.3, 0.4) is 0 Å². The van der Waals surface area contributed by atoms with Gasteiger partial charge in [0, 0.05) is 18.5 Å². The lowest BCUT2D eigenvalue weighted by Crippen LogP contribution is -2.28. The van der Waals surface area contributed by atoms with Gasteiger partial charge in [-0.15, -0.1) is 0 Å². The van der Waals surface area contributed by atoms with Gasteiger partial charge >= 0.3 is 0 Å². The maximum absolute atomic E-state index is 12.5. The van der Waals surface area contributed by atoms with Gasteiger partial charge in [0.15, 0.2) is 0 Å². The number of hydrogen-bond acceptors (Lipinski definition) is 3. The summed E-state index contributed by atoms with van der Waals surface area (Å²) in [6.45, 7) is 0.497. The molecule has 0 spiro atoms. The van der Waals surface area contributed by atoms with E-state index in [1.807, 2.05) is 36.4 Å². The number of amides is 1. The van der Waals surface area contributed by atoms with E-state index in [0.717, 1.165) is 36.8 Å². The van der Waals surface area contributed by atoms with Gasteiger partial charge in [-0.05, 0) is 67.5 Å². The third kappa shape index (κ3) is 6.45. The highest BCUT2D eigenvalue weighted by Gasteiger charge is 2.17. The Morgan fingerprint density at radius 1 is 1.00 bits per heavy atom. The zero-order chi connectivity index (χ0) is 20.5. The van der Waals surface area contributed by atoms with E-state index < -0.39 is 10.0 Å². The Kier molecular flexibility index (Phi) is 7.45. The van der Waals surface area contributed by atoms with E-state index in [2.05, 4.69) is 21.9 Å². The van der Waals surface area contributed by atoms with E-state index >= 15 is 0 Å². The van der Waals surface area contributed by atoms with Crippen LogP contribution < -0.4 is 10.0 Å². The van der Waals surface area contributed by atoms with Crippen molar-refractivity contribution in [3.8, 4) is 11.8 Å². The number of hydrogen-bond donors (Lipinski definition) is 2. The second kappa shape index (κ2) is 10.2. The van der Waals surface area contributed by atoms with E-state index in [0.29, 0.717) is 11.3 Å². The molecule has 0 unspecified atom stereocenters. The number of sulfonamides is 1. The van der Waals surface area contributed by atoms with Gasteiger partial charge < -0.3 is 5.32 Å². The van der Waals surface area contributed by atoms with Crippen LogP contribution in [0.2, 0.25) is 0 Å². The lowest BCUT2D eigenvalue weighted by Gasteiger charge is -2.16. The first kappa shape index (κ1) is 21.1. The van der Waals surface area contributed by atoms with Crippen LogP contribution in [0, 0.1) is 11.8 Å². The van der Waals surface area contributed by atoms with Crippen LogP contribution in [0.4, 0.5) is 0 Å². The largest absolute Gasteiger partial charge is 0.345 e. The summed E-state index contributed by atoms with van der Waals surface area (Å²) >= 11 is 0. The summed E-state index contributed by atoms with van der Waals surface area (Å²) in [6, 6.07) is 14.9. The molecule has 2 aromatic rings. The highest BCUT2D eigenvalue weighted by molar-refractivity contribution is 7.89. The summed E-state index contributed by atoms with van der Waals surface area (Å²) in [5, 5.41) is 2.73. The molecular weight excluding hydrogens is 384 g/mol. The average Bonchev–Trinajstić information content (AvgIpc) is 2.75. The third-order valence-corrected chi connectivity index (χ3v) is 6.34. The fourth-order valence-electron chi connectivity index (χ4n) is 3.31. The Balaban J connectivity index is 1.39. The van der Waals surface area contributed by atoms with E-state index in [4.69, 9.17) is 0 Å². The second-order valence-electron chi connectivity index (χ2n) is 7.08. The summed E-state index contributed by atoms with van der Waals surface area (Å²) in [5.74, 6) is 5.73. The SMILES string of the molecule is O=C(CCCNS(=O)(=O)c1ccc2c(c1)CCCC2)NCC#Cc1ccccc1. The van der Waals surface area contributed by atoms with Crippen molar-refractivity contribution in [2.45, 2.75) is 43.4 Å². The Bertz CT molecular complexity index is 1010. The number of nitrogens with one attached hydrogen (secondary N) is 2. The van der Waals surface area contributed by atoms with Gasteiger partial charge in [-0.1, -0.05) is 36.1 Å². The van der Waals surface area contributed by atoms with E-state index in [-0.39, 0.29) is 25.4 Å². The smallest absolute Gasteiger partial charge is 0.240 e. The molecular formula is C23H26N2O3S. The van der Waals surface area contributed by atoms with Crippen LogP contribution in [-0.4, -0.2) is 27.4 Å². The molecule has 1 aliphatic carbocycles. The number of carbonyl (C=O) groups excluding carboxylic acids is 1. The first-order chi connectivity index (χ1) is 14.0. The highest BCUT2D eigenvalue weighted by atomic mass is 32.2. The molecule has 0 atom stereocenters. The quantitative estimate of drug-likeness (QED) is 0.544. The Labute approximate surface area is 173 Å². The fraction of sp³-hybridized carbons (Fsp3) is 0.348. The van der Waals surface area contributed by atoms with Crippen molar-refractivity contribution in [3.05, 3.63) is 65.2 Å². The molecule has 6 heteroatoms. The van der Waals surface area contributed by atoms with Crippen molar-refractivity contribution in [1.82, 2.24) is 10.0 Å². The second-order valence-corrected chi connectivity index (χ2v) is 8.85. The van der Waals surface area contributed by atoms with Gasteiger partial charge in [-0.25, -0.2) is 13.1 Å². The van der Waals surface area contributed by atoms with Crippen molar-refractivity contribution in [2.24, 2.45) is 0 Å². The first-order valence-corrected chi connectivity index (χ1v) is 11.4. The predicted molar refractivity (Wildman–Crippen MR) is 114 cm³/mol. The minimum atomic E-state index is -3.55. The lowest BCUT2D eigenvalue weighted by molar-refractivity contribution is -0.120. The van der Waals surface area contributed by atoms with Gasteiger partial charge in [0.25, 0.3) is 0 Å². The molecule has 5 nitrogen and oxygen atoms in total. The van der Waals surface area contributed by atoms with Crippen LogP contribution in [0.5, 0.6) is 0 Å². The number of carbonyl (C=O) groups is 1. The van der Waals surface area contributed by atoms with Crippen molar-refractivity contribution in [2.75, 3.05) is 13.1 Å². The molecule has 0 aromatic heterocycles. The Morgan fingerprint density at radius 3 is 2.55 bits per heavy atom. The average molecular weight is 411 g/mol. The first-order valence-electron chi connectivity index (χ1n) is 9.97. The molecule has 0 saturated carbocycles. The summed E-state index contributed by atoms with van der Waals surface area (Å²) in [5.41, 5.74) is 3.29. The fourth-order valence-corrected chi connectivity index (χ4v) is 4.44.